The fourth-order valence-electron chi connectivity index (χ4n) is 2.88. The van der Waals surface area contributed by atoms with Gasteiger partial charge in [0.25, 0.3) is 5.91 Å². The molecule has 9 heteroatoms. The number of hydrogen-bond acceptors (Lipinski definition) is 4. The van der Waals surface area contributed by atoms with Gasteiger partial charge in [-0.15, -0.1) is 0 Å². The highest BCUT2D eigenvalue weighted by Gasteiger charge is 2.14. The Morgan fingerprint density at radius 2 is 1.83 bits per heavy atom. The molecule has 0 radical (unpaired) electrons. The van der Waals surface area contributed by atoms with E-state index in [1.54, 1.807) is 33.2 Å². The van der Waals surface area contributed by atoms with Crippen LogP contribution < -0.4 is 16.2 Å². The maximum atomic E-state index is 14.6. The summed E-state index contributed by atoms with van der Waals surface area (Å²) in [5.41, 5.74) is 1.94. The lowest BCUT2D eigenvalue weighted by Gasteiger charge is -2.12. The van der Waals surface area contributed by atoms with Crippen molar-refractivity contribution in [2.24, 2.45) is 14.1 Å². The van der Waals surface area contributed by atoms with Gasteiger partial charge in [-0.2, -0.15) is 5.10 Å². The second-order valence-electron chi connectivity index (χ2n) is 6.50. The van der Waals surface area contributed by atoms with Crippen molar-refractivity contribution in [1.82, 2.24) is 19.7 Å². The van der Waals surface area contributed by atoms with Crippen molar-refractivity contribution < 1.29 is 14.0 Å². The number of aromatic nitrogens is 3. The van der Waals surface area contributed by atoms with Crippen molar-refractivity contribution in [3.05, 3.63) is 70.2 Å². The predicted octanol–water partition coefficient (Wildman–Crippen LogP) is 1.60. The Balaban J connectivity index is 1.68. The number of hydrogen-bond donors (Lipinski definition) is 2. The first-order valence-electron chi connectivity index (χ1n) is 8.80. The van der Waals surface area contributed by atoms with Gasteiger partial charge in [0.05, 0.1) is 6.54 Å². The molecule has 0 bridgehead atoms. The van der Waals surface area contributed by atoms with Gasteiger partial charge in [-0.3, -0.25) is 19.1 Å². The average Bonchev–Trinajstić information content (AvgIpc) is 3.11. The molecule has 0 atom stereocenters. The molecule has 0 aliphatic heterocycles. The minimum absolute atomic E-state index is 0.177. The molecular formula is C20H20FN5O3. The molecule has 2 aromatic heterocycles. The van der Waals surface area contributed by atoms with Crippen molar-refractivity contribution in [2.45, 2.75) is 6.92 Å². The molecule has 0 aliphatic rings. The number of carbonyl (C=O) groups is 2. The van der Waals surface area contributed by atoms with E-state index in [9.17, 15) is 18.8 Å². The molecule has 2 N–H and O–H groups in total. The summed E-state index contributed by atoms with van der Waals surface area (Å²) in [5, 5.41) is 8.91. The van der Waals surface area contributed by atoms with Crippen LogP contribution >= 0.6 is 0 Å². The molecule has 3 aromatic rings. The van der Waals surface area contributed by atoms with Crippen LogP contribution in [0, 0.1) is 12.7 Å². The summed E-state index contributed by atoms with van der Waals surface area (Å²) in [6, 6.07) is 8.77. The average molecular weight is 397 g/mol. The van der Waals surface area contributed by atoms with Gasteiger partial charge in [-0.25, -0.2) is 4.39 Å². The van der Waals surface area contributed by atoms with Crippen LogP contribution in [0.3, 0.4) is 0 Å². The van der Waals surface area contributed by atoms with E-state index in [4.69, 9.17) is 0 Å². The van der Waals surface area contributed by atoms with Crippen LogP contribution in [-0.2, 0) is 18.9 Å². The van der Waals surface area contributed by atoms with Crippen molar-refractivity contribution in [3.8, 4) is 11.1 Å². The Morgan fingerprint density at radius 3 is 2.48 bits per heavy atom. The Kier molecular flexibility index (Phi) is 5.58. The number of halogens is 1. The van der Waals surface area contributed by atoms with Crippen molar-refractivity contribution in [2.75, 3.05) is 11.9 Å². The van der Waals surface area contributed by atoms with Crippen molar-refractivity contribution in [3.63, 3.8) is 0 Å². The molecule has 0 aliphatic carbocycles. The molecule has 150 valence electrons. The van der Waals surface area contributed by atoms with E-state index in [1.165, 1.54) is 39.7 Å². The largest absolute Gasteiger partial charge is 0.342 e. The van der Waals surface area contributed by atoms with E-state index < -0.39 is 17.6 Å². The maximum Gasteiger partial charge on any atom is 0.269 e. The molecule has 2 amide bonds. The standard InChI is InChI=1S/C20H20FN5O3/c1-12-14(6-7-19(28)25(12)2)15-5-4-13(10-16(15)21)24-18(27)11-22-20(29)17-8-9-23-26(17)3/h4-10H,11H2,1-3H3,(H,22,29)(H,24,27). The van der Waals surface area contributed by atoms with E-state index in [0.29, 0.717) is 22.5 Å². The van der Waals surface area contributed by atoms with Gasteiger partial charge in [0.1, 0.15) is 11.5 Å². The third-order valence-corrected chi connectivity index (χ3v) is 4.62. The summed E-state index contributed by atoms with van der Waals surface area (Å²) in [4.78, 5) is 35.7. The summed E-state index contributed by atoms with van der Waals surface area (Å²) >= 11 is 0. The zero-order chi connectivity index (χ0) is 21.1. The Labute approximate surface area is 166 Å². The number of nitrogens with one attached hydrogen (secondary N) is 2. The number of benzene rings is 1. The summed E-state index contributed by atoms with van der Waals surface area (Å²) in [5.74, 6) is -1.47. The van der Waals surface area contributed by atoms with Gasteiger partial charge in [0, 0.05) is 48.9 Å². The first kappa shape index (κ1) is 20.0. The van der Waals surface area contributed by atoms with Crippen LogP contribution in [0.1, 0.15) is 16.2 Å². The molecule has 0 spiro atoms. The summed E-state index contributed by atoms with van der Waals surface area (Å²) in [6.45, 7) is 1.46. The monoisotopic (exact) mass is 397 g/mol. The molecule has 8 nitrogen and oxygen atoms in total. The molecule has 0 saturated heterocycles. The van der Waals surface area contributed by atoms with E-state index in [-0.39, 0.29) is 17.8 Å². The Hall–Kier alpha value is -3.75. The molecular weight excluding hydrogens is 377 g/mol. The maximum absolute atomic E-state index is 14.6. The molecule has 1 aromatic carbocycles. The van der Waals surface area contributed by atoms with Crippen LogP contribution in [0.2, 0.25) is 0 Å². The highest BCUT2D eigenvalue weighted by molar-refractivity contribution is 5.98. The fourth-order valence-corrected chi connectivity index (χ4v) is 2.88. The molecule has 0 unspecified atom stereocenters. The fraction of sp³-hybridized carbons (Fsp3) is 0.200. The van der Waals surface area contributed by atoms with Crippen LogP contribution in [0.15, 0.2) is 47.4 Å². The Bertz CT molecular complexity index is 1150. The number of amides is 2. The lowest BCUT2D eigenvalue weighted by atomic mass is 10.0. The molecule has 0 fully saturated rings. The minimum Gasteiger partial charge on any atom is -0.342 e. The second kappa shape index (κ2) is 8.09. The number of carbonyl (C=O) groups excluding carboxylic acids is 2. The van der Waals surface area contributed by atoms with Crippen LogP contribution in [0.4, 0.5) is 10.1 Å². The lowest BCUT2D eigenvalue weighted by Crippen LogP contribution is -2.33. The van der Waals surface area contributed by atoms with Crippen LogP contribution in [-0.4, -0.2) is 32.7 Å². The summed E-state index contributed by atoms with van der Waals surface area (Å²) in [7, 11) is 3.24. The van der Waals surface area contributed by atoms with Gasteiger partial charge in [0.15, 0.2) is 0 Å². The van der Waals surface area contributed by atoms with Gasteiger partial charge < -0.3 is 15.2 Å². The zero-order valence-electron chi connectivity index (χ0n) is 16.2. The van der Waals surface area contributed by atoms with Crippen LogP contribution in [0.25, 0.3) is 11.1 Å². The molecule has 0 saturated carbocycles. The van der Waals surface area contributed by atoms with Crippen LogP contribution in [0.5, 0.6) is 0 Å². The first-order valence-corrected chi connectivity index (χ1v) is 8.80. The lowest BCUT2D eigenvalue weighted by molar-refractivity contribution is -0.115. The molecule has 3 rings (SSSR count). The number of anilines is 1. The number of pyridine rings is 1. The second-order valence-corrected chi connectivity index (χ2v) is 6.50. The quantitative estimate of drug-likeness (QED) is 0.683. The summed E-state index contributed by atoms with van der Waals surface area (Å²) < 4.78 is 17.5. The summed E-state index contributed by atoms with van der Waals surface area (Å²) in [6.07, 6.45) is 1.48. The van der Waals surface area contributed by atoms with Gasteiger partial charge >= 0.3 is 0 Å². The third kappa shape index (κ3) is 4.23. The van der Waals surface area contributed by atoms with Gasteiger partial charge in [0.2, 0.25) is 11.5 Å². The molecule has 2 heterocycles. The normalized spacial score (nSPS) is 10.6. The van der Waals surface area contributed by atoms with Crippen molar-refractivity contribution in [1.29, 1.82) is 0 Å². The third-order valence-electron chi connectivity index (χ3n) is 4.62. The highest BCUT2D eigenvalue weighted by Crippen LogP contribution is 2.27. The predicted molar refractivity (Wildman–Crippen MR) is 106 cm³/mol. The Morgan fingerprint density at radius 1 is 1.10 bits per heavy atom. The smallest absolute Gasteiger partial charge is 0.269 e. The van der Waals surface area contributed by atoms with Gasteiger partial charge in [-0.1, -0.05) is 0 Å². The first-order chi connectivity index (χ1) is 13.8. The van der Waals surface area contributed by atoms with Crippen molar-refractivity contribution >= 4 is 17.5 Å². The van der Waals surface area contributed by atoms with E-state index >= 15 is 0 Å². The van der Waals surface area contributed by atoms with Gasteiger partial charge in [-0.05, 0) is 37.3 Å². The highest BCUT2D eigenvalue weighted by atomic mass is 19.1. The SMILES string of the molecule is Cc1c(-c2ccc(NC(=O)CNC(=O)c3ccnn3C)cc2F)ccc(=O)n1C. The number of rotatable bonds is 5. The van der Waals surface area contributed by atoms with E-state index in [1.807, 2.05) is 0 Å². The van der Waals surface area contributed by atoms with E-state index in [0.717, 1.165) is 0 Å². The topological polar surface area (TPSA) is 98.0 Å². The number of nitrogens with zero attached hydrogens (tertiary/aromatic N) is 3. The molecule has 29 heavy (non-hydrogen) atoms. The zero-order valence-corrected chi connectivity index (χ0v) is 16.2. The van der Waals surface area contributed by atoms with E-state index in [2.05, 4.69) is 15.7 Å². The minimum atomic E-state index is -0.538. The number of aryl methyl sites for hydroxylation is 1.